The number of hydrogen-bond donors (Lipinski definition) is 0. The van der Waals surface area contributed by atoms with E-state index in [1.807, 2.05) is 0 Å². The van der Waals surface area contributed by atoms with E-state index < -0.39 is 0 Å². The van der Waals surface area contributed by atoms with E-state index in [0.717, 1.165) is 84.7 Å². The Morgan fingerprint density at radius 1 is 0.362 bits per heavy atom. The second kappa shape index (κ2) is 14.3. The van der Waals surface area contributed by atoms with E-state index in [1.54, 1.807) is 0 Å². The van der Waals surface area contributed by atoms with Crippen LogP contribution < -0.4 is 52.1 Å². The molecule has 5 heterocycles. The van der Waals surface area contributed by atoms with E-state index in [1.165, 1.54) is 43.9 Å². The topological polar surface area (TPSA) is 29.9 Å². The lowest BCUT2D eigenvalue weighted by atomic mass is 9.30. The highest BCUT2D eigenvalue weighted by Gasteiger charge is 2.50. The van der Waals surface area contributed by atoms with Gasteiger partial charge in [0.1, 0.15) is 23.0 Å². The maximum absolute atomic E-state index is 7.38. The fourth-order valence-electron chi connectivity index (χ4n) is 11.9. The summed E-state index contributed by atoms with van der Waals surface area (Å²) in [4.78, 5) is 4.97. The molecule has 0 N–H and O–H groups in total. The van der Waals surface area contributed by atoms with Crippen molar-refractivity contribution in [3.63, 3.8) is 0 Å². The van der Waals surface area contributed by atoms with Gasteiger partial charge in [0, 0.05) is 56.4 Å². The fourth-order valence-corrected chi connectivity index (χ4v) is 11.9. The lowest BCUT2D eigenvalue weighted by Gasteiger charge is -2.46. The van der Waals surface area contributed by atoms with Crippen molar-refractivity contribution in [1.82, 2.24) is 4.57 Å². The van der Waals surface area contributed by atoms with Crippen LogP contribution in [0.1, 0.15) is 52.7 Å². The molecule has 4 aliphatic heterocycles. The van der Waals surface area contributed by atoms with Crippen LogP contribution in [0.3, 0.4) is 0 Å². The van der Waals surface area contributed by atoms with E-state index in [4.69, 9.17) is 9.47 Å². The van der Waals surface area contributed by atoms with Crippen molar-refractivity contribution in [3.8, 4) is 28.7 Å². The van der Waals surface area contributed by atoms with Crippen LogP contribution in [0.5, 0.6) is 23.0 Å². The summed E-state index contributed by atoms with van der Waals surface area (Å²) in [6, 6.07) is 69.3. The zero-order valence-electron chi connectivity index (χ0n) is 39.7. The van der Waals surface area contributed by atoms with Crippen molar-refractivity contribution in [2.24, 2.45) is 0 Å². The second-order valence-electron chi connectivity index (χ2n) is 21.3. The molecule has 69 heavy (non-hydrogen) atoms. The summed E-state index contributed by atoms with van der Waals surface area (Å²) in [5.74, 6) is 3.46. The molecule has 0 spiro atoms. The molecule has 0 bridgehead atoms. The van der Waals surface area contributed by atoms with Gasteiger partial charge in [-0.2, -0.15) is 0 Å². The zero-order chi connectivity index (χ0) is 46.5. The summed E-state index contributed by atoms with van der Waals surface area (Å²) < 4.78 is 16.9. The third-order valence-corrected chi connectivity index (χ3v) is 15.2. The Bertz CT molecular complexity index is 3710. The van der Waals surface area contributed by atoms with Gasteiger partial charge in [0.05, 0.1) is 16.7 Å². The lowest BCUT2D eigenvalue weighted by molar-refractivity contribution is 0.467. The summed E-state index contributed by atoms with van der Waals surface area (Å²) in [5, 5.41) is 2.52. The van der Waals surface area contributed by atoms with Crippen LogP contribution >= 0.6 is 0 Å². The second-order valence-corrected chi connectivity index (χ2v) is 21.3. The SMILES string of the molecule is CC(C)(C)c1ccc2c(c1)c1cc(C(C)(C)C)ccc1n2-c1cc2c3c(c1)N(c1ccccc1)c1cc4c5c(c1B3c1ccccc1N2c1ccccc1)Oc1ccccc1B5c1ccccc1O4. The maximum atomic E-state index is 7.38. The van der Waals surface area contributed by atoms with Gasteiger partial charge >= 0.3 is 0 Å². The van der Waals surface area contributed by atoms with Gasteiger partial charge in [-0.25, -0.2) is 0 Å². The molecular formula is C62H49B2N3O2. The number of para-hydroxylation sites is 5. The van der Waals surface area contributed by atoms with Gasteiger partial charge in [-0.3, -0.25) is 0 Å². The third-order valence-electron chi connectivity index (χ3n) is 15.2. The smallest absolute Gasteiger partial charge is 0.260 e. The molecule has 0 amide bonds. The monoisotopic (exact) mass is 889 g/mol. The van der Waals surface area contributed by atoms with Crippen LogP contribution in [-0.2, 0) is 10.8 Å². The van der Waals surface area contributed by atoms with E-state index >= 15 is 0 Å². The largest absolute Gasteiger partial charge is 0.459 e. The number of ether oxygens (including phenoxy) is 2. The Morgan fingerprint density at radius 3 is 1.41 bits per heavy atom. The summed E-state index contributed by atoms with van der Waals surface area (Å²) in [5.41, 5.74) is 19.7. The molecule has 14 rings (SSSR count). The van der Waals surface area contributed by atoms with Crippen molar-refractivity contribution >= 4 is 102 Å². The molecule has 0 radical (unpaired) electrons. The Kier molecular flexibility index (Phi) is 8.34. The number of anilines is 6. The Hall–Kier alpha value is -7.89. The standard InChI is InChI=1S/C62H49B2N3O2/c1-61(2,3)38-29-31-48-43(33-38)44-34-39(62(4,5)6)30-32-49(44)67(48)42-35-51-57-52(36-42)66(41-21-11-8-12-22-41)53-37-56-59-60(69-55-28-18-15-25-47(55)63(59)46-24-14-17-27-54(46)68-56)58(53)64(57)45-23-13-16-26-50(45)65(51)40-19-9-7-10-20-40/h7-37H,1-6H3. The number of hydrogen-bond acceptors (Lipinski definition) is 4. The fraction of sp³-hybridized carbons (Fsp3) is 0.129. The molecule has 0 fully saturated rings. The number of fused-ring (bicyclic) bond motifs is 12. The van der Waals surface area contributed by atoms with E-state index in [-0.39, 0.29) is 24.3 Å². The minimum atomic E-state index is -0.180. The molecule has 0 saturated heterocycles. The van der Waals surface area contributed by atoms with E-state index in [0.29, 0.717) is 0 Å². The lowest BCUT2D eigenvalue weighted by Crippen LogP contribution is -2.65. The van der Waals surface area contributed by atoms with Gasteiger partial charge in [0.25, 0.3) is 13.4 Å². The summed E-state index contributed by atoms with van der Waals surface area (Å²) in [7, 11) is 0. The molecule has 10 aromatic rings. The Balaban J connectivity index is 1.13. The number of benzene rings is 9. The van der Waals surface area contributed by atoms with Gasteiger partial charge in [-0.1, -0.05) is 145 Å². The van der Waals surface area contributed by atoms with E-state index in [2.05, 4.69) is 244 Å². The zero-order valence-corrected chi connectivity index (χ0v) is 39.7. The predicted molar refractivity (Wildman–Crippen MR) is 290 cm³/mol. The van der Waals surface area contributed by atoms with Crippen molar-refractivity contribution in [2.45, 2.75) is 52.4 Å². The molecule has 5 nitrogen and oxygen atoms in total. The normalized spacial score (nSPS) is 14.1. The summed E-state index contributed by atoms with van der Waals surface area (Å²) in [6.45, 7) is 13.6. The van der Waals surface area contributed by atoms with Crippen LogP contribution in [0.2, 0.25) is 0 Å². The van der Waals surface area contributed by atoms with Gasteiger partial charge in [0.2, 0.25) is 0 Å². The third kappa shape index (κ3) is 5.80. The highest BCUT2D eigenvalue weighted by atomic mass is 16.5. The molecule has 0 atom stereocenters. The number of nitrogens with zero attached hydrogens (tertiary/aromatic N) is 3. The predicted octanol–water partition coefficient (Wildman–Crippen LogP) is 12.2. The van der Waals surface area contributed by atoms with Gasteiger partial charge in [0.15, 0.2) is 0 Å². The van der Waals surface area contributed by atoms with Crippen molar-refractivity contribution in [1.29, 1.82) is 0 Å². The molecule has 9 aromatic carbocycles. The number of rotatable bonds is 3. The first-order valence-electron chi connectivity index (χ1n) is 24.3. The van der Waals surface area contributed by atoms with Gasteiger partial charge in [-0.05, 0) is 128 Å². The molecule has 0 aliphatic carbocycles. The molecular weight excluding hydrogens is 840 g/mol. The minimum absolute atomic E-state index is 0.0153. The average molecular weight is 890 g/mol. The molecule has 7 heteroatoms. The first kappa shape index (κ1) is 40.2. The number of aromatic nitrogens is 1. The Labute approximate surface area is 404 Å². The minimum Gasteiger partial charge on any atom is -0.459 e. The van der Waals surface area contributed by atoms with Crippen molar-refractivity contribution in [2.75, 3.05) is 9.80 Å². The first-order valence-corrected chi connectivity index (χ1v) is 24.3. The quantitative estimate of drug-likeness (QED) is 0.165. The van der Waals surface area contributed by atoms with Crippen LogP contribution in [0, 0.1) is 0 Å². The first-order chi connectivity index (χ1) is 33.5. The maximum Gasteiger partial charge on any atom is 0.260 e. The highest BCUT2D eigenvalue weighted by Crippen LogP contribution is 2.49. The molecule has 1 aromatic heterocycles. The van der Waals surface area contributed by atoms with Crippen LogP contribution in [-0.4, -0.2) is 18.0 Å². The Morgan fingerprint density at radius 2 is 0.841 bits per heavy atom. The summed E-state index contributed by atoms with van der Waals surface area (Å²) in [6.07, 6.45) is 0. The molecule has 330 valence electrons. The molecule has 4 aliphatic rings. The van der Waals surface area contributed by atoms with E-state index in [9.17, 15) is 0 Å². The summed E-state index contributed by atoms with van der Waals surface area (Å²) >= 11 is 0. The van der Waals surface area contributed by atoms with Crippen LogP contribution in [0.25, 0.3) is 27.5 Å². The average Bonchev–Trinajstić information content (AvgIpc) is 3.69. The molecule has 0 saturated carbocycles. The van der Waals surface area contributed by atoms with Crippen molar-refractivity contribution in [3.05, 3.63) is 199 Å². The van der Waals surface area contributed by atoms with Crippen molar-refractivity contribution < 1.29 is 9.47 Å². The van der Waals surface area contributed by atoms with Crippen LogP contribution in [0.15, 0.2) is 188 Å². The van der Waals surface area contributed by atoms with Crippen LogP contribution in [0.4, 0.5) is 34.1 Å². The van der Waals surface area contributed by atoms with Gasteiger partial charge < -0.3 is 23.8 Å². The van der Waals surface area contributed by atoms with Gasteiger partial charge in [-0.15, -0.1) is 0 Å². The highest BCUT2D eigenvalue weighted by molar-refractivity contribution is 7.03. The molecule has 0 unspecified atom stereocenters.